The van der Waals surface area contributed by atoms with Gasteiger partial charge in [0.05, 0.1) is 11.1 Å². The van der Waals surface area contributed by atoms with Gasteiger partial charge in [0.1, 0.15) is 23.9 Å². The SMILES string of the molecule is O=C(Oc1ccc2c(c1)OC(=CC1=Cc3ccccc3OC1)C2=O)c1ccc(Cl)cc1. The number of ether oxygens (including phenoxy) is 3. The van der Waals surface area contributed by atoms with E-state index >= 15 is 0 Å². The topological polar surface area (TPSA) is 61.8 Å². The van der Waals surface area contributed by atoms with Crippen molar-refractivity contribution in [2.75, 3.05) is 6.61 Å². The zero-order valence-electron chi connectivity index (χ0n) is 16.1. The number of hydrogen-bond acceptors (Lipinski definition) is 5. The van der Waals surface area contributed by atoms with E-state index in [-0.39, 0.29) is 17.3 Å². The van der Waals surface area contributed by atoms with Crippen LogP contribution in [0.4, 0.5) is 0 Å². The lowest BCUT2D eigenvalue weighted by Crippen LogP contribution is -2.08. The number of fused-ring (bicyclic) bond motifs is 2. The van der Waals surface area contributed by atoms with Crippen molar-refractivity contribution in [3.63, 3.8) is 0 Å². The summed E-state index contributed by atoms with van der Waals surface area (Å²) >= 11 is 5.84. The second-order valence-corrected chi connectivity index (χ2v) is 7.48. The van der Waals surface area contributed by atoms with Crippen molar-refractivity contribution in [1.29, 1.82) is 0 Å². The first kappa shape index (κ1) is 19.2. The fraction of sp³-hybridized carbons (Fsp3) is 0.0400. The maximum atomic E-state index is 12.7. The normalized spacial score (nSPS) is 15.5. The minimum absolute atomic E-state index is 0.199. The van der Waals surface area contributed by atoms with Gasteiger partial charge < -0.3 is 14.2 Å². The van der Waals surface area contributed by atoms with Crippen LogP contribution in [0.5, 0.6) is 17.2 Å². The van der Waals surface area contributed by atoms with E-state index < -0.39 is 5.97 Å². The Morgan fingerprint density at radius 1 is 1.00 bits per heavy atom. The molecule has 0 unspecified atom stereocenters. The number of hydrogen-bond donors (Lipinski definition) is 0. The molecule has 3 aromatic carbocycles. The van der Waals surface area contributed by atoms with Gasteiger partial charge >= 0.3 is 5.97 Å². The molecule has 2 aliphatic heterocycles. The molecule has 6 heteroatoms. The number of carbonyl (C=O) groups is 2. The molecule has 5 rings (SSSR count). The van der Waals surface area contributed by atoms with E-state index in [1.165, 1.54) is 6.07 Å². The van der Waals surface area contributed by atoms with Gasteiger partial charge in [-0.1, -0.05) is 29.8 Å². The molecule has 0 aromatic heterocycles. The van der Waals surface area contributed by atoms with E-state index in [0.717, 1.165) is 16.9 Å². The summed E-state index contributed by atoms with van der Waals surface area (Å²) < 4.78 is 16.9. The number of halogens is 1. The number of carbonyl (C=O) groups excluding carboxylic acids is 2. The summed E-state index contributed by atoms with van der Waals surface area (Å²) in [6.45, 7) is 0.345. The molecule has 0 amide bonds. The second kappa shape index (κ2) is 7.78. The molecule has 31 heavy (non-hydrogen) atoms. The van der Waals surface area contributed by atoms with Crippen LogP contribution in [-0.2, 0) is 0 Å². The van der Waals surface area contributed by atoms with Gasteiger partial charge in [-0.2, -0.15) is 0 Å². The molecule has 0 atom stereocenters. The molecule has 0 bridgehead atoms. The average molecular weight is 431 g/mol. The van der Waals surface area contributed by atoms with E-state index in [0.29, 0.717) is 28.5 Å². The number of para-hydroxylation sites is 1. The van der Waals surface area contributed by atoms with Crippen LogP contribution in [0.3, 0.4) is 0 Å². The molecular formula is C25H15ClO5. The van der Waals surface area contributed by atoms with Crippen molar-refractivity contribution in [1.82, 2.24) is 0 Å². The quantitative estimate of drug-likeness (QED) is 0.312. The Hall–Kier alpha value is -3.83. The number of Topliss-reactive ketones (excluding diaryl/α,β-unsaturated/α-hetero) is 1. The van der Waals surface area contributed by atoms with Crippen LogP contribution >= 0.6 is 11.6 Å². The lowest BCUT2D eigenvalue weighted by Gasteiger charge is -2.15. The van der Waals surface area contributed by atoms with Gasteiger partial charge in [-0.15, -0.1) is 0 Å². The molecule has 0 N–H and O–H groups in total. The molecule has 2 aliphatic rings. The highest BCUT2D eigenvalue weighted by Gasteiger charge is 2.28. The first-order valence-electron chi connectivity index (χ1n) is 9.55. The van der Waals surface area contributed by atoms with Crippen molar-refractivity contribution >= 4 is 29.4 Å². The molecule has 0 saturated carbocycles. The third-order valence-corrected chi connectivity index (χ3v) is 5.15. The Balaban J connectivity index is 1.35. The van der Waals surface area contributed by atoms with E-state index in [4.69, 9.17) is 25.8 Å². The summed E-state index contributed by atoms with van der Waals surface area (Å²) in [5.41, 5.74) is 2.55. The maximum absolute atomic E-state index is 12.7. The Kier molecular flexibility index (Phi) is 4.81. The highest BCUT2D eigenvalue weighted by atomic mass is 35.5. The first-order chi connectivity index (χ1) is 15.1. The van der Waals surface area contributed by atoms with Gasteiger partial charge in [-0.25, -0.2) is 4.79 Å². The number of esters is 1. The Morgan fingerprint density at radius 2 is 1.81 bits per heavy atom. The first-order valence-corrected chi connectivity index (χ1v) is 9.93. The van der Waals surface area contributed by atoms with E-state index in [1.54, 1.807) is 42.5 Å². The van der Waals surface area contributed by atoms with Gasteiger partial charge in [0.25, 0.3) is 0 Å². The minimum atomic E-state index is -0.528. The largest absolute Gasteiger partial charge is 0.488 e. The predicted molar refractivity (Wildman–Crippen MR) is 116 cm³/mol. The zero-order chi connectivity index (χ0) is 21.4. The third-order valence-electron chi connectivity index (χ3n) is 4.90. The van der Waals surface area contributed by atoms with Gasteiger partial charge in [0.15, 0.2) is 5.76 Å². The minimum Gasteiger partial charge on any atom is -0.488 e. The molecule has 0 radical (unpaired) electrons. The van der Waals surface area contributed by atoms with E-state index in [9.17, 15) is 9.59 Å². The molecule has 5 nitrogen and oxygen atoms in total. The van der Waals surface area contributed by atoms with Crippen LogP contribution in [0, 0.1) is 0 Å². The molecule has 3 aromatic rings. The summed E-state index contributed by atoms with van der Waals surface area (Å²) in [6, 6.07) is 18.7. The maximum Gasteiger partial charge on any atom is 0.343 e. The van der Waals surface area contributed by atoms with E-state index in [2.05, 4.69) is 0 Å². The highest BCUT2D eigenvalue weighted by Crippen LogP contribution is 2.35. The Bertz CT molecular complexity index is 1270. The average Bonchev–Trinajstić information content (AvgIpc) is 3.08. The van der Waals surface area contributed by atoms with Crippen LogP contribution in [0.1, 0.15) is 26.3 Å². The van der Waals surface area contributed by atoms with Gasteiger partial charge in [-0.3, -0.25) is 4.79 Å². The molecule has 0 fully saturated rings. The fourth-order valence-electron chi connectivity index (χ4n) is 3.37. The second-order valence-electron chi connectivity index (χ2n) is 7.04. The summed E-state index contributed by atoms with van der Waals surface area (Å²) in [5.74, 6) is 0.867. The molecular weight excluding hydrogens is 416 g/mol. The van der Waals surface area contributed by atoms with Crippen molar-refractivity contribution in [3.05, 3.63) is 106 Å². The highest BCUT2D eigenvalue weighted by molar-refractivity contribution is 6.30. The number of benzene rings is 3. The summed E-state index contributed by atoms with van der Waals surface area (Å²) in [5, 5.41) is 0.530. The van der Waals surface area contributed by atoms with Crippen LogP contribution < -0.4 is 14.2 Å². The molecule has 2 heterocycles. The molecule has 0 saturated heterocycles. The van der Waals surface area contributed by atoms with Crippen molar-refractivity contribution in [2.24, 2.45) is 0 Å². The summed E-state index contributed by atoms with van der Waals surface area (Å²) in [4.78, 5) is 25.0. The summed E-state index contributed by atoms with van der Waals surface area (Å²) in [6.07, 6.45) is 3.64. The molecule has 0 spiro atoms. The van der Waals surface area contributed by atoms with Gasteiger partial charge in [0.2, 0.25) is 5.78 Å². The van der Waals surface area contributed by atoms with Crippen molar-refractivity contribution in [3.8, 4) is 17.2 Å². The lowest BCUT2D eigenvalue weighted by molar-refractivity contribution is 0.0734. The standard InChI is InChI=1S/C25H15ClO5/c26-18-7-5-16(6-8-18)25(28)30-19-9-10-20-22(13-19)31-23(24(20)27)12-15-11-17-3-1-2-4-21(17)29-14-15/h1-13H,14H2. The van der Waals surface area contributed by atoms with Crippen LogP contribution in [0.2, 0.25) is 5.02 Å². The monoisotopic (exact) mass is 430 g/mol. The summed E-state index contributed by atoms with van der Waals surface area (Å²) in [7, 11) is 0. The van der Waals surface area contributed by atoms with Crippen LogP contribution in [0.25, 0.3) is 6.08 Å². The molecule has 0 aliphatic carbocycles. The lowest BCUT2D eigenvalue weighted by atomic mass is 10.1. The number of rotatable bonds is 3. The predicted octanol–water partition coefficient (Wildman–Crippen LogP) is 5.49. The van der Waals surface area contributed by atoms with Crippen LogP contribution in [0.15, 0.2) is 84.1 Å². The zero-order valence-corrected chi connectivity index (χ0v) is 16.9. The Morgan fingerprint density at radius 3 is 2.65 bits per heavy atom. The van der Waals surface area contributed by atoms with Crippen LogP contribution in [-0.4, -0.2) is 18.4 Å². The smallest absolute Gasteiger partial charge is 0.343 e. The third kappa shape index (κ3) is 3.83. The Labute approximate surface area is 183 Å². The van der Waals surface area contributed by atoms with E-state index in [1.807, 2.05) is 30.3 Å². The van der Waals surface area contributed by atoms with Gasteiger partial charge in [-0.05, 0) is 60.2 Å². The molecule has 152 valence electrons. The van der Waals surface area contributed by atoms with Crippen molar-refractivity contribution in [2.45, 2.75) is 0 Å². The fourth-order valence-corrected chi connectivity index (χ4v) is 3.49. The van der Waals surface area contributed by atoms with Gasteiger partial charge in [0, 0.05) is 16.7 Å². The number of ketones is 1. The van der Waals surface area contributed by atoms with Crippen molar-refractivity contribution < 1.29 is 23.8 Å². The number of allylic oxidation sites excluding steroid dienone is 1.